The van der Waals surface area contributed by atoms with E-state index in [-0.39, 0.29) is 0 Å². The second kappa shape index (κ2) is 7.61. The Balaban J connectivity index is 4.29. The minimum Gasteiger partial charge on any atom is -0.481 e. The van der Waals surface area contributed by atoms with Crippen LogP contribution in [0.25, 0.3) is 0 Å². The number of nitrogens with two attached hydrogens (primary N) is 2. The molecule has 98 valence electrons. The molecule has 0 aromatic rings. The zero-order valence-electron chi connectivity index (χ0n) is 9.81. The quantitative estimate of drug-likeness (QED) is 0.432. The van der Waals surface area contributed by atoms with Crippen molar-refractivity contribution in [3.8, 4) is 0 Å². The van der Waals surface area contributed by atoms with Gasteiger partial charge in [0.15, 0.2) is 0 Å². The molecule has 0 spiro atoms. The van der Waals surface area contributed by atoms with Gasteiger partial charge in [0, 0.05) is 0 Å². The Kier molecular flexibility index (Phi) is 6.88. The third-order valence-corrected chi connectivity index (χ3v) is 2.24. The summed E-state index contributed by atoms with van der Waals surface area (Å²) in [6, 6.07) is -1.96. The molecule has 0 bridgehead atoms. The average molecular weight is 245 g/mol. The van der Waals surface area contributed by atoms with Gasteiger partial charge in [-0.05, 0) is 6.42 Å². The first-order chi connectivity index (χ1) is 7.88. The van der Waals surface area contributed by atoms with Crippen molar-refractivity contribution >= 4 is 17.8 Å². The van der Waals surface area contributed by atoms with Gasteiger partial charge in [0.25, 0.3) is 0 Å². The Hall–Kier alpha value is -1.63. The lowest BCUT2D eigenvalue weighted by molar-refractivity contribution is -0.140. The van der Waals surface area contributed by atoms with Gasteiger partial charge in [-0.2, -0.15) is 0 Å². The van der Waals surface area contributed by atoms with Gasteiger partial charge in [-0.1, -0.05) is 19.8 Å². The highest BCUT2D eigenvalue weighted by atomic mass is 16.4. The topological polar surface area (TPSA) is 136 Å². The first-order valence-corrected chi connectivity index (χ1v) is 5.45. The number of aliphatic carboxylic acids is 1. The molecule has 17 heavy (non-hydrogen) atoms. The maximum Gasteiger partial charge on any atom is 0.305 e. The Morgan fingerprint density at radius 3 is 2.35 bits per heavy atom. The largest absolute Gasteiger partial charge is 0.481 e. The van der Waals surface area contributed by atoms with E-state index in [1.54, 1.807) is 0 Å². The van der Waals surface area contributed by atoms with Crippen LogP contribution in [0.3, 0.4) is 0 Å². The number of hydrogen-bond donors (Lipinski definition) is 4. The highest BCUT2D eigenvalue weighted by Crippen LogP contribution is 2.00. The normalized spacial score (nSPS) is 13.8. The fourth-order valence-electron chi connectivity index (χ4n) is 1.23. The Labute approximate surface area is 99.5 Å². The molecular formula is C10H19N3O4. The van der Waals surface area contributed by atoms with Gasteiger partial charge in [0.2, 0.25) is 11.8 Å². The van der Waals surface area contributed by atoms with E-state index in [1.807, 2.05) is 6.92 Å². The summed E-state index contributed by atoms with van der Waals surface area (Å²) in [6.07, 6.45) is 1.63. The molecule has 0 aliphatic heterocycles. The van der Waals surface area contributed by atoms with E-state index in [0.29, 0.717) is 6.42 Å². The van der Waals surface area contributed by atoms with Crippen LogP contribution < -0.4 is 16.8 Å². The molecule has 0 heterocycles. The Morgan fingerprint density at radius 1 is 1.35 bits per heavy atom. The predicted octanol–water partition coefficient (Wildman–Crippen LogP) is -1.05. The van der Waals surface area contributed by atoms with Crippen molar-refractivity contribution in [3.05, 3.63) is 0 Å². The number of carboxylic acid groups (broad SMARTS) is 1. The summed E-state index contributed by atoms with van der Waals surface area (Å²) in [5.41, 5.74) is 10.5. The maximum atomic E-state index is 11.5. The van der Waals surface area contributed by atoms with Crippen molar-refractivity contribution in [2.24, 2.45) is 11.5 Å². The van der Waals surface area contributed by atoms with E-state index in [0.717, 1.165) is 12.8 Å². The van der Waals surface area contributed by atoms with Crippen LogP contribution in [0.2, 0.25) is 0 Å². The summed E-state index contributed by atoms with van der Waals surface area (Å²) >= 11 is 0. The molecule has 0 saturated carbocycles. The molecule has 7 nitrogen and oxygen atoms in total. The molecular weight excluding hydrogens is 226 g/mol. The van der Waals surface area contributed by atoms with Crippen molar-refractivity contribution < 1.29 is 19.5 Å². The molecule has 2 atom stereocenters. The summed E-state index contributed by atoms with van der Waals surface area (Å²) in [5.74, 6) is -2.65. The summed E-state index contributed by atoms with van der Waals surface area (Å²) in [7, 11) is 0. The minimum atomic E-state index is -1.22. The number of carboxylic acids is 1. The molecule has 0 saturated heterocycles. The van der Waals surface area contributed by atoms with Crippen molar-refractivity contribution in [1.82, 2.24) is 5.32 Å². The van der Waals surface area contributed by atoms with E-state index in [1.165, 1.54) is 0 Å². The number of carbonyl (C=O) groups is 3. The third-order valence-electron chi connectivity index (χ3n) is 2.24. The monoisotopic (exact) mass is 245 g/mol. The molecule has 7 heteroatoms. The van der Waals surface area contributed by atoms with Crippen LogP contribution in [0.4, 0.5) is 0 Å². The first-order valence-electron chi connectivity index (χ1n) is 5.45. The lowest BCUT2D eigenvalue weighted by atomic mass is 10.1. The molecule has 0 rings (SSSR count). The van der Waals surface area contributed by atoms with Crippen LogP contribution in [-0.2, 0) is 14.4 Å². The highest BCUT2D eigenvalue weighted by Gasteiger charge is 2.23. The predicted molar refractivity (Wildman–Crippen MR) is 60.9 cm³/mol. The van der Waals surface area contributed by atoms with Crippen molar-refractivity contribution in [2.45, 2.75) is 44.7 Å². The molecule has 0 aliphatic carbocycles. The average Bonchev–Trinajstić information content (AvgIpc) is 2.23. The van der Waals surface area contributed by atoms with Crippen molar-refractivity contribution in [3.63, 3.8) is 0 Å². The van der Waals surface area contributed by atoms with Gasteiger partial charge in [-0.25, -0.2) is 0 Å². The molecule has 0 aromatic carbocycles. The molecule has 6 N–H and O–H groups in total. The second-order valence-corrected chi connectivity index (χ2v) is 3.81. The number of primary amides is 1. The molecule has 0 fully saturated rings. The fourth-order valence-corrected chi connectivity index (χ4v) is 1.23. The van der Waals surface area contributed by atoms with Crippen LogP contribution >= 0.6 is 0 Å². The van der Waals surface area contributed by atoms with E-state index >= 15 is 0 Å². The number of carbonyl (C=O) groups excluding carboxylic acids is 2. The summed E-state index contributed by atoms with van der Waals surface area (Å²) in [4.78, 5) is 32.9. The van der Waals surface area contributed by atoms with E-state index < -0.39 is 36.3 Å². The van der Waals surface area contributed by atoms with Gasteiger partial charge in [-0.3, -0.25) is 14.4 Å². The lowest BCUT2D eigenvalue weighted by Crippen LogP contribution is -2.51. The second-order valence-electron chi connectivity index (χ2n) is 3.81. The Morgan fingerprint density at radius 2 is 1.94 bits per heavy atom. The van der Waals surface area contributed by atoms with Gasteiger partial charge in [-0.15, -0.1) is 0 Å². The van der Waals surface area contributed by atoms with Gasteiger partial charge < -0.3 is 21.9 Å². The smallest absolute Gasteiger partial charge is 0.305 e. The highest BCUT2D eigenvalue weighted by molar-refractivity contribution is 5.91. The number of hydrogen-bond acceptors (Lipinski definition) is 4. The number of nitrogens with one attached hydrogen (secondary N) is 1. The Bertz CT molecular complexity index is 293. The van der Waals surface area contributed by atoms with Crippen LogP contribution in [0.1, 0.15) is 32.6 Å². The van der Waals surface area contributed by atoms with Gasteiger partial charge in [0.1, 0.15) is 6.04 Å². The zero-order chi connectivity index (χ0) is 13.4. The van der Waals surface area contributed by atoms with Crippen LogP contribution in [0.15, 0.2) is 0 Å². The number of rotatable bonds is 8. The van der Waals surface area contributed by atoms with Gasteiger partial charge in [0.05, 0.1) is 12.5 Å². The summed E-state index contributed by atoms with van der Waals surface area (Å²) < 4.78 is 0. The molecule has 0 aromatic heterocycles. The maximum absolute atomic E-state index is 11.5. The minimum absolute atomic E-state index is 0.487. The van der Waals surface area contributed by atoms with E-state index in [4.69, 9.17) is 16.6 Å². The van der Waals surface area contributed by atoms with E-state index in [2.05, 4.69) is 5.32 Å². The molecule has 0 unspecified atom stereocenters. The van der Waals surface area contributed by atoms with Gasteiger partial charge >= 0.3 is 5.97 Å². The molecule has 2 amide bonds. The van der Waals surface area contributed by atoms with Crippen molar-refractivity contribution in [2.75, 3.05) is 0 Å². The van der Waals surface area contributed by atoms with E-state index in [9.17, 15) is 14.4 Å². The number of amides is 2. The van der Waals surface area contributed by atoms with Crippen LogP contribution in [-0.4, -0.2) is 35.0 Å². The fraction of sp³-hybridized carbons (Fsp3) is 0.700. The molecule has 0 aliphatic rings. The van der Waals surface area contributed by atoms with Crippen LogP contribution in [0, 0.1) is 0 Å². The standard InChI is InChI=1S/C10H19N3O4/c1-2-3-4-6(11)10(17)13-7(9(12)16)5-8(14)15/h6-7H,2-5,11H2,1H3,(H2,12,16)(H,13,17)(H,14,15)/t6-,7-/m1/s1. The van der Waals surface area contributed by atoms with Crippen LogP contribution in [0.5, 0.6) is 0 Å². The van der Waals surface area contributed by atoms with Crippen molar-refractivity contribution in [1.29, 1.82) is 0 Å². The first kappa shape index (κ1) is 15.4. The third kappa shape index (κ3) is 6.52. The zero-order valence-corrected chi connectivity index (χ0v) is 9.81. The number of unbranched alkanes of at least 4 members (excludes halogenated alkanes) is 1. The summed E-state index contributed by atoms with van der Waals surface area (Å²) in [5, 5.41) is 10.8. The summed E-state index contributed by atoms with van der Waals surface area (Å²) in [6.45, 7) is 1.96. The molecule has 0 radical (unpaired) electrons. The lowest BCUT2D eigenvalue weighted by Gasteiger charge is -2.16. The SMILES string of the molecule is CCCC[C@@H](N)C(=O)N[C@H](CC(=O)O)C(N)=O.